The highest BCUT2D eigenvalue weighted by atomic mass is 16.5. The molecular formula is C14H17NO3. The van der Waals surface area contributed by atoms with Crippen LogP contribution in [0.1, 0.15) is 31.0 Å². The molecule has 4 heteroatoms. The molecule has 0 spiro atoms. The molecule has 0 aliphatic carbocycles. The molecule has 0 saturated heterocycles. The number of hydrogen-bond acceptors (Lipinski definition) is 3. The van der Waals surface area contributed by atoms with Gasteiger partial charge in [0, 0.05) is 5.56 Å². The number of benzene rings is 1. The maximum atomic E-state index is 11.3. The summed E-state index contributed by atoms with van der Waals surface area (Å²) in [7, 11) is 0. The summed E-state index contributed by atoms with van der Waals surface area (Å²) in [5, 5.41) is 11.3. The minimum atomic E-state index is -0.422. The summed E-state index contributed by atoms with van der Waals surface area (Å²) < 4.78 is 4.81. The maximum Gasteiger partial charge on any atom is 0.407 e. The van der Waals surface area contributed by atoms with Gasteiger partial charge in [0.2, 0.25) is 0 Å². The van der Waals surface area contributed by atoms with Gasteiger partial charge in [-0.15, -0.1) is 0 Å². The quantitative estimate of drug-likeness (QED) is 0.801. The molecular weight excluding hydrogens is 230 g/mol. The molecule has 0 fully saturated rings. The van der Waals surface area contributed by atoms with Crippen molar-refractivity contribution in [3.05, 3.63) is 35.4 Å². The molecule has 1 aromatic rings. The Morgan fingerprint density at radius 2 is 2.11 bits per heavy atom. The van der Waals surface area contributed by atoms with Crippen molar-refractivity contribution in [2.75, 3.05) is 13.2 Å². The highest BCUT2D eigenvalue weighted by molar-refractivity contribution is 5.67. The highest BCUT2D eigenvalue weighted by Crippen LogP contribution is 2.13. The van der Waals surface area contributed by atoms with E-state index in [2.05, 4.69) is 17.2 Å². The van der Waals surface area contributed by atoms with Crippen LogP contribution in [0.2, 0.25) is 0 Å². The fraction of sp³-hybridized carbons (Fsp3) is 0.357. The van der Waals surface area contributed by atoms with Gasteiger partial charge in [-0.2, -0.15) is 0 Å². The van der Waals surface area contributed by atoms with E-state index in [-0.39, 0.29) is 12.6 Å². The lowest BCUT2D eigenvalue weighted by atomic mass is 10.1. The van der Waals surface area contributed by atoms with Crippen LogP contribution < -0.4 is 5.32 Å². The number of carbonyl (C=O) groups excluding carboxylic acids is 1. The van der Waals surface area contributed by atoms with E-state index in [1.54, 1.807) is 6.92 Å². The number of nitrogens with one attached hydrogen (secondary N) is 1. The van der Waals surface area contributed by atoms with Gasteiger partial charge >= 0.3 is 6.09 Å². The summed E-state index contributed by atoms with van der Waals surface area (Å²) >= 11 is 0. The number of aliphatic hydroxyl groups excluding tert-OH is 1. The predicted molar refractivity (Wildman–Crippen MR) is 69.0 cm³/mol. The van der Waals surface area contributed by atoms with Gasteiger partial charge in [0.05, 0.1) is 12.6 Å². The Kier molecular flexibility index (Phi) is 5.75. The first kappa shape index (κ1) is 14.1. The molecule has 0 bridgehead atoms. The lowest BCUT2D eigenvalue weighted by Gasteiger charge is -2.13. The standard InChI is InChI=1S/C14H17NO3/c1-3-18-14(17)15-11(2)13-8-6-12(7-9-13)5-4-10-16/h6-9,11,16H,3,10H2,1-2H3,(H,15,17). The number of ether oxygens (including phenoxy) is 1. The van der Waals surface area contributed by atoms with Crippen LogP contribution in [0.15, 0.2) is 24.3 Å². The normalized spacial score (nSPS) is 11.1. The van der Waals surface area contributed by atoms with Gasteiger partial charge in [0.1, 0.15) is 6.61 Å². The number of amides is 1. The molecule has 0 aromatic heterocycles. The summed E-state index contributed by atoms with van der Waals surface area (Å²) in [6, 6.07) is 7.35. The van der Waals surface area contributed by atoms with Crippen LogP contribution in [0.25, 0.3) is 0 Å². The zero-order chi connectivity index (χ0) is 13.4. The van der Waals surface area contributed by atoms with Crippen molar-refractivity contribution in [1.29, 1.82) is 0 Å². The summed E-state index contributed by atoms with van der Waals surface area (Å²) in [6.07, 6.45) is -0.422. The fourth-order valence-electron chi connectivity index (χ4n) is 1.43. The third-order valence-electron chi connectivity index (χ3n) is 2.33. The molecule has 0 heterocycles. The topological polar surface area (TPSA) is 58.6 Å². The van der Waals surface area contributed by atoms with Gasteiger partial charge < -0.3 is 15.2 Å². The van der Waals surface area contributed by atoms with Crippen LogP contribution >= 0.6 is 0 Å². The Morgan fingerprint density at radius 1 is 1.44 bits per heavy atom. The molecule has 1 amide bonds. The first-order chi connectivity index (χ1) is 8.67. The zero-order valence-electron chi connectivity index (χ0n) is 10.6. The van der Waals surface area contributed by atoms with Crippen LogP contribution in [0.5, 0.6) is 0 Å². The van der Waals surface area contributed by atoms with Gasteiger partial charge in [-0.25, -0.2) is 4.79 Å². The molecule has 96 valence electrons. The minimum Gasteiger partial charge on any atom is -0.450 e. The summed E-state index contributed by atoms with van der Waals surface area (Å²) in [6.45, 7) is 3.85. The van der Waals surface area contributed by atoms with Crippen LogP contribution in [0, 0.1) is 11.8 Å². The van der Waals surface area contributed by atoms with Crippen LogP contribution in [-0.4, -0.2) is 24.4 Å². The molecule has 1 rings (SSSR count). The smallest absolute Gasteiger partial charge is 0.407 e. The summed E-state index contributed by atoms with van der Waals surface area (Å²) in [5.74, 6) is 5.39. The lowest BCUT2D eigenvalue weighted by Crippen LogP contribution is -2.27. The largest absolute Gasteiger partial charge is 0.450 e. The van der Waals surface area contributed by atoms with Crippen molar-refractivity contribution in [3.63, 3.8) is 0 Å². The van der Waals surface area contributed by atoms with Crippen molar-refractivity contribution in [2.45, 2.75) is 19.9 Å². The van der Waals surface area contributed by atoms with Crippen molar-refractivity contribution < 1.29 is 14.6 Å². The molecule has 1 aromatic carbocycles. The second-order valence-electron chi connectivity index (χ2n) is 3.67. The third-order valence-corrected chi connectivity index (χ3v) is 2.33. The van der Waals surface area contributed by atoms with E-state index < -0.39 is 6.09 Å². The number of alkyl carbamates (subject to hydrolysis) is 1. The third kappa shape index (κ3) is 4.48. The fourth-order valence-corrected chi connectivity index (χ4v) is 1.43. The number of carbonyl (C=O) groups is 1. The number of rotatable bonds is 3. The van der Waals surface area contributed by atoms with E-state index in [4.69, 9.17) is 9.84 Å². The van der Waals surface area contributed by atoms with Gasteiger partial charge in [-0.3, -0.25) is 0 Å². The summed E-state index contributed by atoms with van der Waals surface area (Å²) in [5.41, 5.74) is 1.80. The summed E-state index contributed by atoms with van der Waals surface area (Å²) in [4.78, 5) is 11.3. The van der Waals surface area contributed by atoms with Gasteiger partial charge in [0.15, 0.2) is 0 Å². The van der Waals surface area contributed by atoms with Crippen molar-refractivity contribution in [2.24, 2.45) is 0 Å². The Morgan fingerprint density at radius 3 is 2.67 bits per heavy atom. The van der Waals surface area contributed by atoms with E-state index in [0.29, 0.717) is 6.61 Å². The Bertz CT molecular complexity index is 442. The van der Waals surface area contributed by atoms with E-state index in [1.165, 1.54) is 0 Å². The highest BCUT2D eigenvalue weighted by Gasteiger charge is 2.09. The van der Waals surface area contributed by atoms with Crippen molar-refractivity contribution in [3.8, 4) is 11.8 Å². The predicted octanol–water partition coefficient (Wildman–Crippen LogP) is 1.84. The second-order valence-corrected chi connectivity index (χ2v) is 3.67. The molecule has 0 aliphatic rings. The molecule has 2 N–H and O–H groups in total. The number of aliphatic hydroxyl groups is 1. The average Bonchev–Trinajstić information content (AvgIpc) is 2.37. The second kappa shape index (κ2) is 7.36. The van der Waals surface area contributed by atoms with Gasteiger partial charge in [-0.05, 0) is 31.5 Å². The van der Waals surface area contributed by atoms with Crippen LogP contribution in [-0.2, 0) is 4.74 Å². The minimum absolute atomic E-state index is 0.121. The van der Waals surface area contributed by atoms with E-state index in [0.717, 1.165) is 11.1 Å². The Labute approximate surface area is 107 Å². The molecule has 18 heavy (non-hydrogen) atoms. The first-order valence-electron chi connectivity index (χ1n) is 5.80. The average molecular weight is 247 g/mol. The van der Waals surface area contributed by atoms with E-state index >= 15 is 0 Å². The molecule has 0 radical (unpaired) electrons. The maximum absolute atomic E-state index is 11.3. The van der Waals surface area contributed by atoms with Crippen LogP contribution in [0.3, 0.4) is 0 Å². The monoisotopic (exact) mass is 247 g/mol. The van der Waals surface area contributed by atoms with Crippen LogP contribution in [0.4, 0.5) is 4.79 Å². The molecule has 1 unspecified atom stereocenters. The lowest BCUT2D eigenvalue weighted by molar-refractivity contribution is 0.149. The first-order valence-corrected chi connectivity index (χ1v) is 5.80. The molecule has 4 nitrogen and oxygen atoms in total. The molecule has 0 saturated carbocycles. The molecule has 1 atom stereocenters. The Balaban J connectivity index is 2.64. The van der Waals surface area contributed by atoms with Gasteiger partial charge in [0.25, 0.3) is 0 Å². The van der Waals surface area contributed by atoms with Crippen molar-refractivity contribution in [1.82, 2.24) is 5.32 Å². The molecule has 0 aliphatic heterocycles. The van der Waals surface area contributed by atoms with E-state index in [1.807, 2.05) is 31.2 Å². The zero-order valence-corrected chi connectivity index (χ0v) is 10.6. The Hall–Kier alpha value is -1.99. The van der Waals surface area contributed by atoms with Crippen molar-refractivity contribution >= 4 is 6.09 Å². The number of hydrogen-bond donors (Lipinski definition) is 2. The van der Waals surface area contributed by atoms with Gasteiger partial charge in [-0.1, -0.05) is 24.0 Å². The van der Waals surface area contributed by atoms with E-state index in [9.17, 15) is 4.79 Å². The SMILES string of the molecule is CCOC(=O)NC(C)c1ccc(C#CCO)cc1.